The molecule has 6 heteroatoms. The summed E-state index contributed by atoms with van der Waals surface area (Å²) in [5.41, 5.74) is -0.395. The SMILES string of the molecule is CC(C)C(O)C(C)(C)CNC(=O)Nc1cccnn1. The lowest BCUT2D eigenvalue weighted by molar-refractivity contribution is 0.0154. The Morgan fingerprint density at radius 2 is 2.16 bits per heavy atom. The molecule has 0 saturated carbocycles. The van der Waals surface area contributed by atoms with Crippen LogP contribution >= 0.6 is 0 Å². The average Bonchev–Trinajstić information content (AvgIpc) is 2.36. The van der Waals surface area contributed by atoms with Gasteiger partial charge in [-0.1, -0.05) is 27.7 Å². The standard InChI is InChI=1S/C13H22N4O2/c1-9(2)11(18)13(3,4)8-14-12(19)16-10-6-5-7-15-17-10/h5-7,9,11,18H,8H2,1-4H3,(H2,14,16,17,19). The van der Waals surface area contributed by atoms with Gasteiger partial charge in [0.05, 0.1) is 6.10 Å². The van der Waals surface area contributed by atoms with Gasteiger partial charge in [-0.15, -0.1) is 5.10 Å². The summed E-state index contributed by atoms with van der Waals surface area (Å²) in [4.78, 5) is 11.7. The second kappa shape index (κ2) is 6.47. The molecule has 0 radical (unpaired) electrons. The van der Waals surface area contributed by atoms with Crippen LogP contribution in [0, 0.1) is 11.3 Å². The average molecular weight is 266 g/mol. The minimum absolute atomic E-state index is 0.139. The molecule has 0 fully saturated rings. The third kappa shape index (κ3) is 4.82. The van der Waals surface area contributed by atoms with Crippen LogP contribution < -0.4 is 10.6 Å². The maximum Gasteiger partial charge on any atom is 0.320 e. The number of urea groups is 1. The van der Waals surface area contributed by atoms with Gasteiger partial charge >= 0.3 is 6.03 Å². The van der Waals surface area contributed by atoms with Crippen molar-refractivity contribution >= 4 is 11.8 Å². The highest BCUT2D eigenvalue weighted by molar-refractivity contribution is 5.88. The normalized spacial score (nSPS) is 13.2. The largest absolute Gasteiger partial charge is 0.392 e. The predicted molar refractivity (Wildman–Crippen MR) is 73.7 cm³/mol. The first kappa shape index (κ1) is 15.4. The molecule has 0 aliphatic carbocycles. The van der Waals surface area contributed by atoms with Crippen LogP contribution in [0.5, 0.6) is 0 Å². The van der Waals surface area contributed by atoms with Gasteiger partial charge in [0.15, 0.2) is 5.82 Å². The fourth-order valence-electron chi connectivity index (χ4n) is 1.84. The Balaban J connectivity index is 2.46. The highest BCUT2D eigenvalue weighted by Crippen LogP contribution is 2.24. The van der Waals surface area contributed by atoms with Crippen LogP contribution in [0.1, 0.15) is 27.7 Å². The highest BCUT2D eigenvalue weighted by Gasteiger charge is 2.30. The van der Waals surface area contributed by atoms with E-state index in [9.17, 15) is 9.90 Å². The van der Waals surface area contributed by atoms with E-state index in [-0.39, 0.29) is 11.9 Å². The molecule has 0 aliphatic heterocycles. The summed E-state index contributed by atoms with van der Waals surface area (Å²) in [6.45, 7) is 8.11. The number of carbonyl (C=O) groups is 1. The quantitative estimate of drug-likeness (QED) is 0.756. The summed E-state index contributed by atoms with van der Waals surface area (Å²) in [5, 5.41) is 22.8. The summed E-state index contributed by atoms with van der Waals surface area (Å²) in [5.74, 6) is 0.530. The molecule has 1 heterocycles. The number of nitrogens with zero attached hydrogens (tertiary/aromatic N) is 2. The zero-order valence-corrected chi connectivity index (χ0v) is 11.8. The molecule has 19 heavy (non-hydrogen) atoms. The third-order valence-corrected chi connectivity index (χ3v) is 2.95. The Hall–Kier alpha value is -1.69. The van der Waals surface area contributed by atoms with Gasteiger partial charge in [0.1, 0.15) is 0 Å². The first-order chi connectivity index (χ1) is 8.83. The van der Waals surface area contributed by atoms with Crippen LogP contribution in [0.4, 0.5) is 10.6 Å². The zero-order valence-electron chi connectivity index (χ0n) is 11.8. The molecular weight excluding hydrogens is 244 g/mol. The molecule has 1 rings (SSSR count). The number of hydrogen-bond acceptors (Lipinski definition) is 4. The number of carbonyl (C=O) groups excluding carboxylic acids is 1. The van der Waals surface area contributed by atoms with E-state index in [0.717, 1.165) is 0 Å². The van der Waals surface area contributed by atoms with Gasteiger partial charge in [-0.3, -0.25) is 5.32 Å². The number of aliphatic hydroxyl groups is 1. The van der Waals surface area contributed by atoms with Gasteiger partial charge in [0, 0.05) is 18.2 Å². The second-order valence-corrected chi connectivity index (χ2v) is 5.59. The topological polar surface area (TPSA) is 87.1 Å². The first-order valence-corrected chi connectivity index (χ1v) is 6.33. The molecule has 0 aromatic carbocycles. The van der Waals surface area contributed by atoms with E-state index in [0.29, 0.717) is 12.4 Å². The number of aromatic nitrogens is 2. The predicted octanol–water partition coefficient (Wildman–Crippen LogP) is 1.64. The Morgan fingerprint density at radius 1 is 1.47 bits per heavy atom. The Bertz CT molecular complexity index is 406. The van der Waals surface area contributed by atoms with Crippen molar-refractivity contribution in [1.29, 1.82) is 0 Å². The molecule has 1 aromatic heterocycles. The fourth-order valence-corrected chi connectivity index (χ4v) is 1.84. The van der Waals surface area contributed by atoms with Crippen molar-refractivity contribution in [3.8, 4) is 0 Å². The number of rotatable bonds is 5. The summed E-state index contributed by atoms with van der Waals surface area (Å²) in [7, 11) is 0. The van der Waals surface area contributed by atoms with Crippen molar-refractivity contribution in [2.45, 2.75) is 33.8 Å². The zero-order chi connectivity index (χ0) is 14.5. The van der Waals surface area contributed by atoms with E-state index < -0.39 is 11.5 Å². The van der Waals surface area contributed by atoms with Gasteiger partial charge in [-0.25, -0.2) is 4.79 Å². The van der Waals surface area contributed by atoms with Crippen LogP contribution in [0.3, 0.4) is 0 Å². The summed E-state index contributed by atoms with van der Waals surface area (Å²) >= 11 is 0. The van der Waals surface area contributed by atoms with E-state index in [4.69, 9.17) is 0 Å². The van der Waals surface area contributed by atoms with Crippen LogP contribution in [-0.4, -0.2) is 34.0 Å². The number of hydrogen-bond donors (Lipinski definition) is 3. The molecule has 0 aliphatic rings. The maximum atomic E-state index is 11.7. The highest BCUT2D eigenvalue weighted by atomic mass is 16.3. The first-order valence-electron chi connectivity index (χ1n) is 6.33. The molecule has 106 valence electrons. The number of anilines is 1. The van der Waals surface area contributed by atoms with E-state index in [1.165, 1.54) is 6.20 Å². The van der Waals surface area contributed by atoms with E-state index in [1.807, 2.05) is 27.7 Å². The fraction of sp³-hybridized carbons (Fsp3) is 0.615. The lowest BCUT2D eigenvalue weighted by atomic mass is 9.81. The minimum Gasteiger partial charge on any atom is -0.392 e. The molecule has 0 spiro atoms. The van der Waals surface area contributed by atoms with E-state index in [1.54, 1.807) is 12.1 Å². The van der Waals surface area contributed by atoms with Gasteiger partial charge in [0.2, 0.25) is 0 Å². The molecule has 2 amide bonds. The summed E-state index contributed by atoms with van der Waals surface area (Å²) < 4.78 is 0. The molecule has 0 saturated heterocycles. The van der Waals surface area contributed by atoms with Gasteiger partial charge in [0.25, 0.3) is 0 Å². The van der Waals surface area contributed by atoms with Crippen molar-refractivity contribution in [1.82, 2.24) is 15.5 Å². The summed E-state index contributed by atoms with van der Waals surface area (Å²) in [6.07, 6.45) is 1.05. The minimum atomic E-state index is -0.482. The molecule has 0 bridgehead atoms. The molecule has 1 aromatic rings. The monoisotopic (exact) mass is 266 g/mol. The molecule has 3 N–H and O–H groups in total. The number of nitrogens with one attached hydrogen (secondary N) is 2. The Labute approximate surface area is 113 Å². The maximum absolute atomic E-state index is 11.7. The molecular formula is C13H22N4O2. The van der Waals surface area contributed by atoms with Crippen LogP contribution in [0.2, 0.25) is 0 Å². The van der Waals surface area contributed by atoms with Crippen molar-refractivity contribution < 1.29 is 9.90 Å². The van der Waals surface area contributed by atoms with Crippen molar-refractivity contribution in [3.05, 3.63) is 18.3 Å². The Kier molecular flexibility index (Phi) is 5.23. The van der Waals surface area contributed by atoms with Gasteiger partial charge in [-0.05, 0) is 18.1 Å². The van der Waals surface area contributed by atoms with Gasteiger partial charge in [-0.2, -0.15) is 5.10 Å². The number of amides is 2. The third-order valence-electron chi connectivity index (χ3n) is 2.95. The smallest absolute Gasteiger partial charge is 0.320 e. The lowest BCUT2D eigenvalue weighted by Gasteiger charge is -2.33. The molecule has 1 unspecified atom stereocenters. The van der Waals surface area contributed by atoms with E-state index in [2.05, 4.69) is 20.8 Å². The summed E-state index contributed by atoms with van der Waals surface area (Å²) in [6, 6.07) is 2.99. The van der Waals surface area contributed by atoms with Crippen LogP contribution in [-0.2, 0) is 0 Å². The molecule has 1 atom stereocenters. The van der Waals surface area contributed by atoms with Crippen LogP contribution in [0.25, 0.3) is 0 Å². The van der Waals surface area contributed by atoms with Crippen molar-refractivity contribution in [2.75, 3.05) is 11.9 Å². The van der Waals surface area contributed by atoms with Crippen molar-refractivity contribution in [2.24, 2.45) is 11.3 Å². The Morgan fingerprint density at radius 3 is 2.68 bits per heavy atom. The van der Waals surface area contributed by atoms with Gasteiger partial charge < -0.3 is 10.4 Å². The molecule has 6 nitrogen and oxygen atoms in total. The van der Waals surface area contributed by atoms with E-state index >= 15 is 0 Å². The van der Waals surface area contributed by atoms with Crippen LogP contribution in [0.15, 0.2) is 18.3 Å². The second-order valence-electron chi connectivity index (χ2n) is 5.59. The lowest BCUT2D eigenvalue weighted by Crippen LogP contribution is -2.44. The van der Waals surface area contributed by atoms with Crippen molar-refractivity contribution in [3.63, 3.8) is 0 Å². The number of aliphatic hydroxyl groups excluding tert-OH is 1.